The Morgan fingerprint density at radius 2 is 1.68 bits per heavy atom. The van der Waals surface area contributed by atoms with Crippen LogP contribution in [0.15, 0.2) is 54.6 Å². The first-order valence-corrected chi connectivity index (χ1v) is 9.79. The molecular weight excluding hydrogens is 348 g/mol. The molecule has 0 bridgehead atoms. The number of carbonyl (C=O) groups excluding carboxylic acids is 2. The molecule has 1 aliphatic heterocycles. The van der Waals surface area contributed by atoms with Crippen molar-refractivity contribution in [3.63, 3.8) is 0 Å². The molecule has 142 valence electrons. The van der Waals surface area contributed by atoms with E-state index in [-0.39, 0.29) is 17.6 Å². The van der Waals surface area contributed by atoms with Gasteiger partial charge >= 0.3 is 0 Å². The minimum atomic E-state index is -0.00933. The van der Waals surface area contributed by atoms with E-state index in [1.54, 1.807) is 0 Å². The minimum absolute atomic E-state index is 0.00933. The summed E-state index contributed by atoms with van der Waals surface area (Å²) in [5.41, 5.74) is 4.23. The highest BCUT2D eigenvalue weighted by Gasteiger charge is 2.29. The molecule has 3 aromatic rings. The Morgan fingerprint density at radius 1 is 0.964 bits per heavy atom. The highest BCUT2D eigenvalue weighted by Crippen LogP contribution is 2.25. The lowest BCUT2D eigenvalue weighted by atomic mass is 9.88. The van der Waals surface area contributed by atoms with Crippen molar-refractivity contribution in [1.82, 2.24) is 9.88 Å². The second-order valence-electron chi connectivity index (χ2n) is 7.61. The van der Waals surface area contributed by atoms with E-state index in [1.807, 2.05) is 67.3 Å². The normalized spacial score (nSPS) is 15.0. The lowest BCUT2D eigenvalue weighted by molar-refractivity contribution is 0.0649. The molecule has 0 N–H and O–H groups in total. The lowest BCUT2D eigenvalue weighted by Crippen LogP contribution is -2.40. The molecule has 4 heteroatoms. The first kappa shape index (κ1) is 18.4. The number of fused-ring (bicyclic) bond motifs is 1. The van der Waals surface area contributed by atoms with Gasteiger partial charge in [-0.25, -0.2) is 0 Å². The van der Waals surface area contributed by atoms with Crippen molar-refractivity contribution in [2.75, 3.05) is 13.1 Å². The molecule has 1 aliphatic rings. The van der Waals surface area contributed by atoms with Gasteiger partial charge in [-0.05, 0) is 44.9 Å². The van der Waals surface area contributed by atoms with Gasteiger partial charge in [0.2, 0.25) is 0 Å². The topological polar surface area (TPSA) is 50.3 Å². The van der Waals surface area contributed by atoms with Crippen LogP contribution in [0.4, 0.5) is 0 Å². The first-order valence-electron chi connectivity index (χ1n) is 9.79. The molecule has 2 aromatic carbocycles. The second kappa shape index (κ2) is 7.55. The third kappa shape index (κ3) is 3.55. The third-order valence-electron chi connectivity index (χ3n) is 5.60. The molecule has 28 heavy (non-hydrogen) atoms. The Labute approximate surface area is 165 Å². The fourth-order valence-corrected chi connectivity index (χ4v) is 3.96. The molecule has 0 unspecified atom stereocenters. The summed E-state index contributed by atoms with van der Waals surface area (Å²) in [6.07, 6.45) is 1.41. The van der Waals surface area contributed by atoms with Crippen LogP contribution in [0.5, 0.6) is 0 Å². The van der Waals surface area contributed by atoms with Crippen LogP contribution in [-0.4, -0.2) is 34.7 Å². The summed E-state index contributed by atoms with van der Waals surface area (Å²) in [4.78, 5) is 32.2. The summed E-state index contributed by atoms with van der Waals surface area (Å²) in [7, 11) is 0. The summed E-state index contributed by atoms with van der Waals surface area (Å²) >= 11 is 0. The average molecular weight is 372 g/mol. The number of amides is 1. The van der Waals surface area contributed by atoms with Crippen LogP contribution in [0.3, 0.4) is 0 Å². The zero-order chi connectivity index (χ0) is 19.7. The van der Waals surface area contributed by atoms with E-state index in [4.69, 9.17) is 0 Å². The lowest BCUT2D eigenvalue weighted by Gasteiger charge is -2.31. The Bertz CT molecular complexity index is 1040. The number of benzene rings is 2. The van der Waals surface area contributed by atoms with Gasteiger partial charge in [0.1, 0.15) is 0 Å². The van der Waals surface area contributed by atoms with Gasteiger partial charge in [0.25, 0.3) is 5.91 Å². The van der Waals surface area contributed by atoms with Crippen molar-refractivity contribution in [3.05, 3.63) is 77.0 Å². The van der Waals surface area contributed by atoms with E-state index in [2.05, 4.69) is 11.1 Å². The Hall–Kier alpha value is -3.01. The van der Waals surface area contributed by atoms with Gasteiger partial charge in [-0.15, -0.1) is 0 Å². The molecule has 0 saturated carbocycles. The Kier molecular flexibility index (Phi) is 4.95. The number of hydrogen-bond acceptors (Lipinski definition) is 3. The number of aromatic nitrogens is 1. The minimum Gasteiger partial charge on any atom is -0.339 e. The van der Waals surface area contributed by atoms with Crippen LogP contribution >= 0.6 is 0 Å². The van der Waals surface area contributed by atoms with Crippen LogP contribution in [0, 0.1) is 19.8 Å². The number of pyridine rings is 1. The van der Waals surface area contributed by atoms with Crippen LogP contribution in [0.1, 0.15) is 44.8 Å². The van der Waals surface area contributed by atoms with E-state index in [0.29, 0.717) is 31.5 Å². The number of Topliss-reactive ketones (excluding diaryl/α,β-unsaturated/α-hetero) is 1. The molecule has 0 spiro atoms. The SMILES string of the molecule is Cc1ccc2nc(C)c(C(=O)N3CCC(C(=O)c4ccccc4)CC3)cc2c1. The van der Waals surface area contributed by atoms with Crippen molar-refractivity contribution in [2.24, 2.45) is 5.92 Å². The predicted molar refractivity (Wildman–Crippen MR) is 111 cm³/mol. The number of piperidine rings is 1. The number of nitrogens with zero attached hydrogens (tertiary/aromatic N) is 2. The van der Waals surface area contributed by atoms with Crippen LogP contribution in [0.25, 0.3) is 10.9 Å². The number of ketones is 1. The van der Waals surface area contributed by atoms with Gasteiger partial charge in [-0.1, -0.05) is 42.0 Å². The largest absolute Gasteiger partial charge is 0.339 e. The van der Waals surface area contributed by atoms with Gasteiger partial charge < -0.3 is 4.90 Å². The van der Waals surface area contributed by atoms with Gasteiger partial charge in [-0.2, -0.15) is 0 Å². The molecule has 1 saturated heterocycles. The van der Waals surface area contributed by atoms with E-state index >= 15 is 0 Å². The van der Waals surface area contributed by atoms with Crippen molar-refractivity contribution < 1.29 is 9.59 Å². The molecule has 4 nitrogen and oxygen atoms in total. The molecule has 1 fully saturated rings. The van der Waals surface area contributed by atoms with Gasteiger partial charge in [0.05, 0.1) is 16.8 Å². The van der Waals surface area contributed by atoms with Crippen molar-refractivity contribution in [2.45, 2.75) is 26.7 Å². The zero-order valence-electron chi connectivity index (χ0n) is 16.3. The number of rotatable bonds is 3. The van der Waals surface area contributed by atoms with E-state index in [1.165, 1.54) is 0 Å². The molecule has 0 radical (unpaired) electrons. The highest BCUT2D eigenvalue weighted by molar-refractivity contribution is 6.00. The monoisotopic (exact) mass is 372 g/mol. The van der Waals surface area contributed by atoms with Crippen LogP contribution < -0.4 is 0 Å². The average Bonchev–Trinajstić information content (AvgIpc) is 2.73. The quantitative estimate of drug-likeness (QED) is 0.632. The summed E-state index contributed by atoms with van der Waals surface area (Å²) in [5, 5.41) is 0.989. The molecule has 2 heterocycles. The number of carbonyl (C=O) groups is 2. The van der Waals surface area contributed by atoms with E-state index in [0.717, 1.165) is 27.7 Å². The summed E-state index contributed by atoms with van der Waals surface area (Å²) in [6.45, 7) is 5.13. The summed E-state index contributed by atoms with van der Waals surface area (Å²) in [6, 6.07) is 17.5. The van der Waals surface area contributed by atoms with Crippen molar-refractivity contribution >= 4 is 22.6 Å². The Morgan fingerprint density at radius 3 is 2.39 bits per heavy atom. The molecule has 0 aliphatic carbocycles. The van der Waals surface area contributed by atoms with Crippen molar-refractivity contribution in [3.8, 4) is 0 Å². The van der Waals surface area contributed by atoms with Crippen LogP contribution in [-0.2, 0) is 0 Å². The highest BCUT2D eigenvalue weighted by atomic mass is 16.2. The zero-order valence-corrected chi connectivity index (χ0v) is 16.3. The maximum absolute atomic E-state index is 13.1. The molecule has 1 aromatic heterocycles. The maximum atomic E-state index is 13.1. The van der Waals surface area contributed by atoms with E-state index < -0.39 is 0 Å². The fourth-order valence-electron chi connectivity index (χ4n) is 3.96. The second-order valence-corrected chi connectivity index (χ2v) is 7.61. The van der Waals surface area contributed by atoms with Crippen LogP contribution in [0.2, 0.25) is 0 Å². The predicted octanol–water partition coefficient (Wildman–Crippen LogP) is 4.59. The summed E-state index contributed by atoms with van der Waals surface area (Å²) in [5.74, 6) is 0.190. The van der Waals surface area contributed by atoms with E-state index in [9.17, 15) is 9.59 Å². The number of hydrogen-bond donors (Lipinski definition) is 0. The molecule has 1 amide bonds. The van der Waals surface area contributed by atoms with Crippen molar-refractivity contribution in [1.29, 1.82) is 0 Å². The standard InChI is InChI=1S/C24H24N2O2/c1-16-8-9-22-20(14-16)15-21(17(2)25-22)24(28)26-12-10-19(11-13-26)23(27)18-6-4-3-5-7-18/h3-9,14-15,19H,10-13H2,1-2H3. The summed E-state index contributed by atoms with van der Waals surface area (Å²) < 4.78 is 0. The number of aryl methyl sites for hydroxylation is 2. The molecule has 4 rings (SSSR count). The maximum Gasteiger partial charge on any atom is 0.255 e. The molecular formula is C24H24N2O2. The van der Waals surface area contributed by atoms with Gasteiger partial charge in [0.15, 0.2) is 5.78 Å². The van der Waals surface area contributed by atoms with Gasteiger partial charge in [-0.3, -0.25) is 14.6 Å². The Balaban J connectivity index is 1.49. The smallest absolute Gasteiger partial charge is 0.255 e. The third-order valence-corrected chi connectivity index (χ3v) is 5.60. The first-order chi connectivity index (χ1) is 13.5. The fraction of sp³-hybridized carbons (Fsp3) is 0.292. The molecule has 0 atom stereocenters. The van der Waals surface area contributed by atoms with Gasteiger partial charge in [0, 0.05) is 30.0 Å². The number of likely N-dealkylation sites (tertiary alicyclic amines) is 1.